The summed E-state index contributed by atoms with van der Waals surface area (Å²) in [5, 5.41) is 0. The van der Waals surface area contributed by atoms with E-state index in [9.17, 15) is 69.9 Å². The average molecular weight is 536 g/mol. The Morgan fingerprint density at radius 2 is 0.385 bits per heavy atom. The highest BCUT2D eigenvalue weighted by Crippen LogP contribution is 3.00. The molecule has 0 fully saturated rings. The third kappa shape index (κ3) is 1250000. The highest BCUT2D eigenvalue weighted by atomic mass is 32.5. The van der Waals surface area contributed by atoms with Gasteiger partial charge < -0.3 is 14.7 Å². The monoisotopic (exact) mass is 536 g/mol. The Labute approximate surface area is 130 Å². The molecular weight excluding hydrogens is 533 g/mol. The van der Waals surface area contributed by atoms with E-state index in [2.05, 4.69) is 0 Å². The van der Waals surface area contributed by atoms with Gasteiger partial charge in [0.15, 0.2) is 0 Å². The molecule has 0 rings (SSSR count). The number of rotatable bonds is 0. The third-order valence-electron chi connectivity index (χ3n) is 0. The van der Waals surface area contributed by atoms with Crippen molar-refractivity contribution in [2.45, 2.75) is 0 Å². The molecule has 176 valence electrons. The lowest BCUT2D eigenvalue weighted by atomic mass is 15.8. The normalized spacial score (nSPS) is 21.0. The van der Waals surface area contributed by atoms with Crippen molar-refractivity contribution in [3.8, 4) is 0 Å². The first-order valence-electron chi connectivity index (χ1n) is 3.56. The SMILES string of the molecule is FS(F)(F)(F)(F)F.FS(F)(F)(F)(F)F.FS(F)(F)(F)(F)F.O=P(O)(O)O. The van der Waals surface area contributed by atoms with Gasteiger partial charge in [-0.3, -0.25) is 0 Å². The fourth-order valence-corrected chi connectivity index (χ4v) is 0. The van der Waals surface area contributed by atoms with Crippen LogP contribution in [0.2, 0.25) is 0 Å². The maximum absolute atomic E-state index is 10.5. The molecule has 0 saturated heterocycles. The lowest BCUT2D eigenvalue weighted by Crippen LogP contribution is -1.92. The topological polar surface area (TPSA) is 77.8 Å². The van der Waals surface area contributed by atoms with Gasteiger partial charge in [0.25, 0.3) is 0 Å². The zero-order chi connectivity index (χ0) is 23.7. The second-order valence-corrected chi connectivity index (χ2v) is 9.41. The molecule has 0 unspecified atom stereocenters. The summed E-state index contributed by atoms with van der Waals surface area (Å²) in [6, 6.07) is 0. The Morgan fingerprint density at radius 1 is 0.385 bits per heavy atom. The van der Waals surface area contributed by atoms with Gasteiger partial charge in [-0.25, -0.2) is 4.57 Å². The molecule has 0 aromatic carbocycles. The van der Waals surface area contributed by atoms with E-state index >= 15 is 0 Å². The van der Waals surface area contributed by atoms with E-state index in [1.165, 1.54) is 0 Å². The Bertz CT molecular complexity index is 403. The molecule has 0 amide bonds. The Hall–Kier alpha value is -0.100. The van der Waals surface area contributed by atoms with Gasteiger partial charge in [-0.15, -0.1) is 0 Å². The maximum Gasteiger partial charge on any atom is 0.466 e. The van der Waals surface area contributed by atoms with Gasteiger partial charge in [0.2, 0.25) is 0 Å². The maximum atomic E-state index is 9.85. The molecule has 0 aromatic heterocycles. The summed E-state index contributed by atoms with van der Waals surface area (Å²) in [5.74, 6) is 0. The predicted octanol–water partition coefficient (Wildman–Crippen LogP) is 8.58. The van der Waals surface area contributed by atoms with Crippen LogP contribution in [-0.4, -0.2) is 14.7 Å². The zero-order valence-corrected chi connectivity index (χ0v) is 13.6. The second-order valence-electron chi connectivity index (χ2n) is 3.14. The molecule has 0 aliphatic heterocycles. The van der Waals surface area contributed by atoms with Crippen molar-refractivity contribution < 1.29 is 89.2 Å². The molecule has 0 aliphatic rings. The highest BCUT2D eigenvalue weighted by Gasteiger charge is 2.66. The first-order chi connectivity index (χ1) is 9.35. The van der Waals surface area contributed by atoms with Crippen LogP contribution >= 0.6 is 39.7 Å². The van der Waals surface area contributed by atoms with Gasteiger partial charge in [0.05, 0.1) is 0 Å². The number of hydrogen-bond donors (Lipinski definition) is 3. The summed E-state index contributed by atoms with van der Waals surface area (Å²) >= 11 is 0. The van der Waals surface area contributed by atoms with Gasteiger partial charge in [0, 0.05) is 0 Å². The van der Waals surface area contributed by atoms with E-state index in [1.807, 2.05) is 0 Å². The lowest BCUT2D eigenvalue weighted by Gasteiger charge is -2.28. The van der Waals surface area contributed by atoms with Crippen LogP contribution < -0.4 is 0 Å². The predicted molar refractivity (Wildman–Crippen MR) is 57.0 cm³/mol. The van der Waals surface area contributed by atoms with E-state index in [4.69, 9.17) is 19.2 Å². The van der Waals surface area contributed by atoms with E-state index in [0.29, 0.717) is 0 Å². The summed E-state index contributed by atoms with van der Waals surface area (Å²) in [6.45, 7) is 0. The minimum Gasteiger partial charge on any atom is -0.303 e. The molecule has 0 atom stereocenters. The summed E-state index contributed by atoms with van der Waals surface area (Å²) in [6.07, 6.45) is 0. The number of hydrogen-bond acceptors (Lipinski definition) is 1. The summed E-state index contributed by atoms with van der Waals surface area (Å²) in [4.78, 5) is 21.6. The lowest BCUT2D eigenvalue weighted by molar-refractivity contribution is 0.274. The fraction of sp³-hybridized carbons (Fsp3) is 0. The number of halogens is 18. The van der Waals surface area contributed by atoms with Crippen LogP contribution in [0.4, 0.5) is 69.9 Å². The van der Waals surface area contributed by atoms with Gasteiger partial charge in [-0.2, -0.15) is 0 Å². The van der Waals surface area contributed by atoms with Crippen molar-refractivity contribution >= 4 is 39.7 Å². The van der Waals surface area contributed by atoms with Crippen LogP contribution in [0.15, 0.2) is 0 Å². The molecule has 26 heavy (non-hydrogen) atoms. The summed E-state index contributed by atoms with van der Waals surface area (Å²) in [7, 11) is -36.1. The van der Waals surface area contributed by atoms with Crippen LogP contribution in [0, 0.1) is 0 Å². The van der Waals surface area contributed by atoms with Gasteiger partial charge in [-0.05, 0) is 0 Å². The number of phosphoric acid groups is 1. The van der Waals surface area contributed by atoms with Crippen molar-refractivity contribution in [2.75, 3.05) is 0 Å². The molecule has 3 N–H and O–H groups in total. The van der Waals surface area contributed by atoms with Gasteiger partial charge in [0.1, 0.15) is 0 Å². The molecule has 26 heteroatoms. The molecule has 0 radical (unpaired) electrons. The summed E-state index contributed by atoms with van der Waals surface area (Å²) in [5.41, 5.74) is 0. The first kappa shape index (κ1) is 33.5. The van der Waals surface area contributed by atoms with Gasteiger partial charge in [-0.1, -0.05) is 69.9 Å². The van der Waals surface area contributed by atoms with Crippen LogP contribution in [0.1, 0.15) is 0 Å². The standard InChI is InChI=1S/3F6S.H3O4P/c3*1-7(2,3,4,5)6;1-5(2,3)4/h;;;(H3,1,2,3,4). The Balaban J connectivity index is -0.000000125. The van der Waals surface area contributed by atoms with Crippen LogP contribution in [0.5, 0.6) is 0 Å². The molecule has 0 heterocycles. The molecule has 0 spiro atoms. The van der Waals surface area contributed by atoms with Crippen molar-refractivity contribution in [3.63, 3.8) is 0 Å². The average Bonchev–Trinajstić information content (AvgIpc) is 1.46. The quantitative estimate of drug-likeness (QED) is 0.214. The Kier molecular flexibility index (Phi) is 7.07. The zero-order valence-electron chi connectivity index (χ0n) is 10.2. The molecule has 0 bridgehead atoms. The minimum atomic E-state index is -10.5. The second kappa shape index (κ2) is 5.49. The Morgan fingerprint density at radius 3 is 0.385 bits per heavy atom. The van der Waals surface area contributed by atoms with Crippen molar-refractivity contribution in [1.82, 2.24) is 0 Å². The molecule has 4 nitrogen and oxygen atoms in total. The fourth-order valence-electron chi connectivity index (χ4n) is 0. The minimum absolute atomic E-state index is 4.64. The molecule has 0 aromatic rings. The van der Waals surface area contributed by atoms with Crippen LogP contribution in [0.25, 0.3) is 0 Å². The van der Waals surface area contributed by atoms with Crippen LogP contribution in [0.3, 0.4) is 0 Å². The summed E-state index contributed by atoms with van der Waals surface area (Å²) < 4.78 is 186. The highest BCUT2D eigenvalue weighted by molar-refractivity contribution is 8.42. The van der Waals surface area contributed by atoms with Crippen LogP contribution in [-0.2, 0) is 4.57 Å². The molecule has 0 aliphatic carbocycles. The van der Waals surface area contributed by atoms with E-state index < -0.39 is 39.7 Å². The largest absolute Gasteiger partial charge is 0.466 e. The first-order valence-corrected chi connectivity index (χ1v) is 10.7. The van der Waals surface area contributed by atoms with E-state index in [0.717, 1.165) is 0 Å². The van der Waals surface area contributed by atoms with Crippen molar-refractivity contribution in [3.05, 3.63) is 0 Å². The molecule has 0 saturated carbocycles. The molecular formula is H3F18O4PS3. The van der Waals surface area contributed by atoms with Gasteiger partial charge >= 0.3 is 39.7 Å². The van der Waals surface area contributed by atoms with E-state index in [1.54, 1.807) is 0 Å². The van der Waals surface area contributed by atoms with E-state index in [-0.39, 0.29) is 0 Å². The van der Waals surface area contributed by atoms with Crippen molar-refractivity contribution in [1.29, 1.82) is 0 Å². The third-order valence-corrected chi connectivity index (χ3v) is 0. The van der Waals surface area contributed by atoms with Crippen molar-refractivity contribution in [2.24, 2.45) is 0 Å². The smallest absolute Gasteiger partial charge is 0.303 e.